The van der Waals surface area contributed by atoms with Gasteiger partial charge in [0.15, 0.2) is 5.58 Å². The smallest absolute Gasteiger partial charge is 0.244 e. The summed E-state index contributed by atoms with van der Waals surface area (Å²) in [5.41, 5.74) is 2.26. The van der Waals surface area contributed by atoms with E-state index in [0.717, 1.165) is 15.7 Å². The molecule has 1 amide bonds. The molecule has 106 valence electrons. The monoisotopic (exact) mass is 346 g/mol. The fourth-order valence-electron chi connectivity index (χ4n) is 1.76. The summed E-state index contributed by atoms with van der Waals surface area (Å²) in [6.07, 6.45) is 4.56. The van der Waals surface area contributed by atoms with Crippen LogP contribution < -0.4 is 5.32 Å². The molecular weight excluding hydrogens is 336 g/mol. The molecule has 21 heavy (non-hydrogen) atoms. The zero-order chi connectivity index (χ0) is 14.7. The first kappa shape index (κ1) is 13.6. The van der Waals surface area contributed by atoms with E-state index in [1.54, 1.807) is 6.20 Å². The molecule has 0 bridgehead atoms. The molecule has 3 rings (SSSR count). The molecule has 2 heterocycles. The number of para-hydroxylation sites is 2. The zero-order valence-corrected chi connectivity index (χ0v) is 12.4. The molecule has 2 aromatic heterocycles. The Labute approximate surface area is 128 Å². The second kappa shape index (κ2) is 5.92. The van der Waals surface area contributed by atoms with E-state index in [9.17, 15) is 4.79 Å². The average Bonchev–Trinajstić information content (AvgIpc) is 3.08. The van der Waals surface area contributed by atoms with Crippen LogP contribution in [0.3, 0.4) is 0 Å². The Hall–Kier alpha value is -2.41. The predicted molar refractivity (Wildman–Crippen MR) is 81.2 cm³/mol. The van der Waals surface area contributed by atoms with E-state index < -0.39 is 0 Å². The normalized spacial score (nSPS) is 11.3. The van der Waals surface area contributed by atoms with Crippen LogP contribution in [0, 0.1) is 0 Å². The number of halogens is 1. The van der Waals surface area contributed by atoms with E-state index in [-0.39, 0.29) is 5.91 Å². The van der Waals surface area contributed by atoms with Crippen LogP contribution in [0.4, 0.5) is 0 Å². The summed E-state index contributed by atoms with van der Waals surface area (Å²) < 4.78 is 6.31. The first-order valence-electron chi connectivity index (χ1n) is 6.21. The molecule has 0 aliphatic rings. The molecule has 3 aromatic rings. The first-order valence-corrected chi connectivity index (χ1v) is 7.01. The maximum atomic E-state index is 11.7. The summed E-state index contributed by atoms with van der Waals surface area (Å²) in [4.78, 5) is 16.0. The van der Waals surface area contributed by atoms with Crippen LogP contribution in [0.5, 0.6) is 0 Å². The van der Waals surface area contributed by atoms with Crippen molar-refractivity contribution in [2.75, 3.05) is 0 Å². The molecule has 1 aromatic carbocycles. The highest BCUT2D eigenvalue weighted by atomic mass is 79.9. The van der Waals surface area contributed by atoms with Gasteiger partial charge in [-0.1, -0.05) is 12.1 Å². The van der Waals surface area contributed by atoms with Crippen molar-refractivity contribution in [3.63, 3.8) is 0 Å². The second-order valence-electron chi connectivity index (χ2n) is 4.27. The second-order valence-corrected chi connectivity index (χ2v) is 5.12. The molecule has 0 saturated heterocycles. The number of oxazole rings is 1. The number of hydrogen-bond acceptors (Lipinski definition) is 4. The molecule has 0 aliphatic carbocycles. The maximum absolute atomic E-state index is 11.7. The summed E-state index contributed by atoms with van der Waals surface area (Å²) in [6, 6.07) is 7.44. The van der Waals surface area contributed by atoms with Crippen molar-refractivity contribution >= 4 is 39.0 Å². The number of aromatic amines is 1. The van der Waals surface area contributed by atoms with E-state index >= 15 is 0 Å². The van der Waals surface area contributed by atoms with Crippen LogP contribution in [0.1, 0.15) is 11.6 Å². The highest BCUT2D eigenvalue weighted by molar-refractivity contribution is 9.10. The third-order valence-electron chi connectivity index (χ3n) is 2.79. The van der Waals surface area contributed by atoms with E-state index in [0.29, 0.717) is 18.0 Å². The van der Waals surface area contributed by atoms with Gasteiger partial charge in [-0.25, -0.2) is 4.98 Å². The standard InChI is InChI=1S/C14H11BrN4O2/c15-9-7-17-19-11(9)8-16-13(20)5-6-14-18-10-3-1-2-4-12(10)21-14/h1-7H,8H2,(H,16,20)(H,17,19)/b6-5-. The Kier molecular flexibility index (Phi) is 3.83. The molecule has 7 heteroatoms. The lowest BCUT2D eigenvalue weighted by Gasteiger charge is -1.99. The van der Waals surface area contributed by atoms with Gasteiger partial charge in [0.05, 0.1) is 22.9 Å². The number of nitrogens with zero attached hydrogens (tertiary/aromatic N) is 2. The van der Waals surface area contributed by atoms with Gasteiger partial charge in [-0.3, -0.25) is 9.89 Å². The van der Waals surface area contributed by atoms with Crippen molar-refractivity contribution in [2.45, 2.75) is 6.54 Å². The number of rotatable bonds is 4. The highest BCUT2D eigenvalue weighted by Gasteiger charge is 2.04. The van der Waals surface area contributed by atoms with Gasteiger partial charge in [0, 0.05) is 12.2 Å². The lowest BCUT2D eigenvalue weighted by atomic mass is 10.3. The zero-order valence-electron chi connectivity index (χ0n) is 10.8. The fraction of sp³-hybridized carbons (Fsp3) is 0.0714. The van der Waals surface area contributed by atoms with Crippen LogP contribution in [0.2, 0.25) is 0 Å². The number of aromatic nitrogens is 3. The first-order chi connectivity index (χ1) is 10.2. The van der Waals surface area contributed by atoms with Crippen LogP contribution in [-0.4, -0.2) is 21.1 Å². The molecule has 6 nitrogen and oxygen atoms in total. The summed E-state index contributed by atoms with van der Waals surface area (Å²) in [6.45, 7) is 0.358. The van der Waals surface area contributed by atoms with E-state index in [4.69, 9.17) is 4.42 Å². The van der Waals surface area contributed by atoms with Gasteiger partial charge in [-0.05, 0) is 28.1 Å². The molecule has 0 unspecified atom stereocenters. The number of benzene rings is 1. The third kappa shape index (κ3) is 3.19. The quantitative estimate of drug-likeness (QED) is 0.711. The van der Waals surface area contributed by atoms with Gasteiger partial charge in [0.2, 0.25) is 11.8 Å². The Morgan fingerprint density at radius 2 is 2.29 bits per heavy atom. The minimum absolute atomic E-state index is 0.237. The van der Waals surface area contributed by atoms with Crippen molar-refractivity contribution in [2.24, 2.45) is 0 Å². The Balaban J connectivity index is 1.62. The van der Waals surface area contributed by atoms with Gasteiger partial charge >= 0.3 is 0 Å². The van der Waals surface area contributed by atoms with Gasteiger partial charge in [-0.2, -0.15) is 5.10 Å². The predicted octanol–water partition coefficient (Wildman–Crippen LogP) is 2.64. The Morgan fingerprint density at radius 1 is 1.43 bits per heavy atom. The summed E-state index contributed by atoms with van der Waals surface area (Å²) in [7, 11) is 0. The average molecular weight is 347 g/mol. The molecular formula is C14H11BrN4O2. The number of H-pyrrole nitrogens is 1. The summed E-state index contributed by atoms with van der Waals surface area (Å²) in [5.74, 6) is 0.160. The van der Waals surface area contributed by atoms with Crippen LogP contribution in [0.15, 0.2) is 45.4 Å². The van der Waals surface area contributed by atoms with Gasteiger partial charge in [0.25, 0.3) is 0 Å². The maximum Gasteiger partial charge on any atom is 0.244 e. The SMILES string of the molecule is O=C(/C=C\c1nc2ccccc2o1)NCc1[nH]ncc1Br. The Morgan fingerprint density at radius 3 is 3.05 bits per heavy atom. The van der Waals surface area contributed by atoms with Crippen LogP contribution >= 0.6 is 15.9 Å². The van der Waals surface area contributed by atoms with E-state index in [1.165, 1.54) is 12.2 Å². The van der Waals surface area contributed by atoms with Crippen molar-refractivity contribution in [3.05, 3.63) is 52.6 Å². The largest absolute Gasteiger partial charge is 0.437 e. The minimum Gasteiger partial charge on any atom is -0.437 e. The van der Waals surface area contributed by atoms with E-state index in [2.05, 4.69) is 36.4 Å². The molecule has 2 N–H and O–H groups in total. The molecule has 0 atom stereocenters. The number of amides is 1. The number of nitrogens with one attached hydrogen (secondary N) is 2. The minimum atomic E-state index is -0.237. The molecule has 0 saturated carbocycles. The highest BCUT2D eigenvalue weighted by Crippen LogP contribution is 2.15. The van der Waals surface area contributed by atoms with Crippen molar-refractivity contribution in [1.82, 2.24) is 20.5 Å². The Bertz CT molecular complexity index is 773. The fourth-order valence-corrected chi connectivity index (χ4v) is 2.10. The lowest BCUT2D eigenvalue weighted by molar-refractivity contribution is -0.116. The lowest BCUT2D eigenvalue weighted by Crippen LogP contribution is -2.20. The number of carbonyl (C=O) groups excluding carboxylic acids is 1. The third-order valence-corrected chi connectivity index (χ3v) is 3.48. The molecule has 0 radical (unpaired) electrons. The number of fused-ring (bicyclic) bond motifs is 1. The van der Waals surface area contributed by atoms with Crippen molar-refractivity contribution < 1.29 is 9.21 Å². The van der Waals surface area contributed by atoms with Gasteiger partial charge in [-0.15, -0.1) is 0 Å². The summed E-state index contributed by atoms with van der Waals surface area (Å²) >= 11 is 3.32. The molecule has 0 fully saturated rings. The van der Waals surface area contributed by atoms with Gasteiger partial charge in [0.1, 0.15) is 5.52 Å². The topological polar surface area (TPSA) is 83.8 Å². The van der Waals surface area contributed by atoms with E-state index in [1.807, 2.05) is 24.3 Å². The van der Waals surface area contributed by atoms with Crippen LogP contribution in [-0.2, 0) is 11.3 Å². The van der Waals surface area contributed by atoms with Crippen molar-refractivity contribution in [3.8, 4) is 0 Å². The van der Waals surface area contributed by atoms with Crippen molar-refractivity contribution in [1.29, 1.82) is 0 Å². The summed E-state index contributed by atoms with van der Waals surface area (Å²) in [5, 5.41) is 9.37. The number of carbonyl (C=O) groups is 1. The van der Waals surface area contributed by atoms with Gasteiger partial charge < -0.3 is 9.73 Å². The number of hydrogen-bond donors (Lipinski definition) is 2. The molecule has 0 spiro atoms. The molecule has 0 aliphatic heterocycles. The van der Waals surface area contributed by atoms with Crippen LogP contribution in [0.25, 0.3) is 17.2 Å².